The van der Waals surface area contributed by atoms with Crippen LogP contribution in [-0.4, -0.2) is 11.2 Å². The van der Waals surface area contributed by atoms with Crippen molar-refractivity contribution in [3.63, 3.8) is 0 Å². The van der Waals surface area contributed by atoms with Crippen LogP contribution in [-0.2, 0) is 6.42 Å². The zero-order chi connectivity index (χ0) is 14.6. The van der Waals surface area contributed by atoms with Gasteiger partial charge in [-0.3, -0.25) is 0 Å². The number of aliphatic hydroxyl groups excluding tert-OH is 1. The summed E-state index contributed by atoms with van der Waals surface area (Å²) in [7, 11) is 0. The lowest BCUT2D eigenvalue weighted by Crippen LogP contribution is -2.49. The van der Waals surface area contributed by atoms with E-state index in [-0.39, 0.29) is 6.10 Å². The fraction of sp³-hybridized carbons (Fsp3) is 0.667. The van der Waals surface area contributed by atoms with Crippen LogP contribution in [0.5, 0.6) is 0 Å². The maximum absolute atomic E-state index is 10.8. The summed E-state index contributed by atoms with van der Waals surface area (Å²) in [6.45, 7) is 0. The van der Waals surface area contributed by atoms with Gasteiger partial charge in [-0.15, -0.1) is 0 Å². The van der Waals surface area contributed by atoms with E-state index in [1.807, 2.05) is 18.2 Å². The first-order valence-corrected chi connectivity index (χ1v) is 8.98. The van der Waals surface area contributed by atoms with Crippen molar-refractivity contribution in [2.45, 2.75) is 44.6 Å². The summed E-state index contributed by atoms with van der Waals surface area (Å²) < 4.78 is 0. The van der Waals surface area contributed by atoms with Crippen LogP contribution in [0.3, 0.4) is 0 Å². The Kier molecular flexibility index (Phi) is 3.72. The van der Waals surface area contributed by atoms with Gasteiger partial charge in [-0.1, -0.05) is 35.3 Å². The van der Waals surface area contributed by atoms with E-state index in [0.29, 0.717) is 22.4 Å². The third-order valence-corrected chi connectivity index (χ3v) is 7.06. The molecule has 0 heterocycles. The highest BCUT2D eigenvalue weighted by molar-refractivity contribution is 6.42. The molecular weight excluding hydrogens is 303 g/mol. The van der Waals surface area contributed by atoms with Gasteiger partial charge in [0.25, 0.3) is 0 Å². The normalized spacial score (nSPS) is 38.7. The van der Waals surface area contributed by atoms with Crippen molar-refractivity contribution >= 4 is 23.2 Å². The molecule has 0 spiro atoms. The molecule has 114 valence electrons. The maximum atomic E-state index is 10.8. The molecule has 4 aliphatic rings. The summed E-state index contributed by atoms with van der Waals surface area (Å²) in [5.74, 6) is 3.87. The van der Waals surface area contributed by atoms with E-state index in [4.69, 9.17) is 23.2 Å². The van der Waals surface area contributed by atoms with E-state index in [1.54, 1.807) is 0 Å². The average molecular weight is 325 g/mol. The Bertz CT molecular complexity index is 514. The minimum absolute atomic E-state index is 0.268. The predicted octanol–water partition coefficient (Wildman–Crippen LogP) is 4.97. The third kappa shape index (κ3) is 2.52. The van der Waals surface area contributed by atoms with Crippen molar-refractivity contribution in [2.75, 3.05) is 0 Å². The van der Waals surface area contributed by atoms with Gasteiger partial charge in [0.05, 0.1) is 16.1 Å². The van der Waals surface area contributed by atoms with Crippen LogP contribution < -0.4 is 0 Å². The molecule has 0 aromatic heterocycles. The topological polar surface area (TPSA) is 20.2 Å². The Morgan fingerprint density at radius 3 is 2.24 bits per heavy atom. The van der Waals surface area contributed by atoms with E-state index in [2.05, 4.69) is 0 Å². The highest BCUT2D eigenvalue weighted by atomic mass is 35.5. The van der Waals surface area contributed by atoms with E-state index in [1.165, 1.54) is 32.1 Å². The van der Waals surface area contributed by atoms with Gasteiger partial charge in [-0.2, -0.15) is 0 Å². The second-order valence-corrected chi connectivity index (χ2v) is 8.28. The van der Waals surface area contributed by atoms with Gasteiger partial charge in [0, 0.05) is 6.42 Å². The number of halogens is 2. The number of rotatable bonds is 3. The second-order valence-electron chi connectivity index (χ2n) is 7.49. The van der Waals surface area contributed by atoms with Crippen LogP contribution in [0.15, 0.2) is 18.2 Å². The van der Waals surface area contributed by atoms with Gasteiger partial charge in [0.15, 0.2) is 0 Å². The zero-order valence-electron chi connectivity index (χ0n) is 12.1. The molecule has 4 fully saturated rings. The zero-order valence-corrected chi connectivity index (χ0v) is 13.7. The summed E-state index contributed by atoms with van der Waals surface area (Å²) in [6.07, 6.45) is 7.21. The van der Waals surface area contributed by atoms with Crippen molar-refractivity contribution in [1.29, 1.82) is 0 Å². The molecule has 0 saturated heterocycles. The first-order valence-electron chi connectivity index (χ1n) is 8.22. The molecule has 1 unspecified atom stereocenters. The molecule has 1 aromatic carbocycles. The molecule has 1 N–H and O–H groups in total. The number of hydrogen-bond acceptors (Lipinski definition) is 1. The molecule has 0 amide bonds. The van der Waals surface area contributed by atoms with Gasteiger partial charge in [0.1, 0.15) is 0 Å². The van der Waals surface area contributed by atoms with E-state index in [9.17, 15) is 5.11 Å². The summed E-state index contributed by atoms with van der Waals surface area (Å²) in [4.78, 5) is 0. The molecule has 5 rings (SSSR count). The van der Waals surface area contributed by atoms with Crippen LogP contribution in [0.2, 0.25) is 10.0 Å². The molecule has 1 atom stereocenters. The lowest BCUT2D eigenvalue weighted by atomic mass is 9.50. The van der Waals surface area contributed by atoms with E-state index < -0.39 is 0 Å². The average Bonchev–Trinajstić information content (AvgIpc) is 2.42. The largest absolute Gasteiger partial charge is 0.392 e. The molecular formula is C18H22Cl2O. The van der Waals surface area contributed by atoms with Crippen molar-refractivity contribution in [3.8, 4) is 0 Å². The molecule has 4 aliphatic carbocycles. The Balaban J connectivity index is 1.52. The Hall–Kier alpha value is -0.240. The van der Waals surface area contributed by atoms with E-state index >= 15 is 0 Å². The van der Waals surface area contributed by atoms with Crippen LogP contribution in [0.4, 0.5) is 0 Å². The predicted molar refractivity (Wildman–Crippen MR) is 86.7 cm³/mol. The summed E-state index contributed by atoms with van der Waals surface area (Å²) in [6, 6.07) is 5.73. The smallest absolute Gasteiger partial charge is 0.0625 e. The van der Waals surface area contributed by atoms with Crippen molar-refractivity contribution in [2.24, 2.45) is 29.6 Å². The molecule has 4 bridgehead atoms. The summed E-state index contributed by atoms with van der Waals surface area (Å²) in [5.41, 5.74) is 0.991. The minimum atomic E-state index is -0.268. The standard InChI is InChI=1S/C18H22Cl2O/c19-15-3-1-2-12(18(15)20)9-16(21)17-13-5-10-4-11(7-13)8-14(17)6-10/h1-3,10-11,13-14,16-17,21H,4-9H2. The molecule has 0 aliphatic heterocycles. The Morgan fingerprint density at radius 2 is 1.62 bits per heavy atom. The van der Waals surface area contributed by atoms with Crippen molar-refractivity contribution < 1.29 is 5.11 Å². The summed E-state index contributed by atoms with van der Waals surface area (Å²) >= 11 is 12.4. The van der Waals surface area contributed by atoms with Gasteiger partial charge < -0.3 is 5.11 Å². The molecule has 3 heteroatoms. The second kappa shape index (κ2) is 5.44. The van der Waals surface area contributed by atoms with Crippen LogP contribution in [0.25, 0.3) is 0 Å². The number of aliphatic hydroxyl groups is 1. The number of hydrogen-bond donors (Lipinski definition) is 1. The monoisotopic (exact) mass is 324 g/mol. The van der Waals surface area contributed by atoms with Gasteiger partial charge in [-0.05, 0) is 73.3 Å². The van der Waals surface area contributed by atoms with Crippen LogP contribution >= 0.6 is 23.2 Å². The number of benzene rings is 1. The molecule has 0 radical (unpaired) electrons. The lowest BCUT2D eigenvalue weighted by Gasteiger charge is -2.55. The fourth-order valence-corrected chi connectivity index (χ4v) is 6.06. The molecule has 21 heavy (non-hydrogen) atoms. The first-order chi connectivity index (χ1) is 10.1. The van der Waals surface area contributed by atoms with Crippen molar-refractivity contribution in [3.05, 3.63) is 33.8 Å². The van der Waals surface area contributed by atoms with Crippen molar-refractivity contribution in [1.82, 2.24) is 0 Å². The third-order valence-electron chi connectivity index (χ3n) is 6.20. The maximum Gasteiger partial charge on any atom is 0.0625 e. The SMILES string of the molecule is OC(Cc1cccc(Cl)c1Cl)C1C2CC3CC(C2)CC1C3. The fourth-order valence-electron chi connectivity index (χ4n) is 5.66. The van der Waals surface area contributed by atoms with E-state index in [0.717, 1.165) is 29.2 Å². The van der Waals surface area contributed by atoms with Gasteiger partial charge >= 0.3 is 0 Å². The quantitative estimate of drug-likeness (QED) is 0.832. The minimum Gasteiger partial charge on any atom is -0.392 e. The van der Waals surface area contributed by atoms with Gasteiger partial charge in [0.2, 0.25) is 0 Å². The lowest BCUT2D eigenvalue weighted by molar-refractivity contribution is -0.0887. The van der Waals surface area contributed by atoms with Crippen LogP contribution in [0, 0.1) is 29.6 Å². The Labute approximate surface area is 136 Å². The first kappa shape index (κ1) is 14.4. The van der Waals surface area contributed by atoms with Crippen LogP contribution in [0.1, 0.15) is 37.7 Å². The Morgan fingerprint density at radius 1 is 1.00 bits per heavy atom. The molecule has 1 aromatic rings. The summed E-state index contributed by atoms with van der Waals surface area (Å²) in [5, 5.41) is 12.1. The van der Waals surface area contributed by atoms with Gasteiger partial charge in [-0.25, -0.2) is 0 Å². The highest BCUT2D eigenvalue weighted by Crippen LogP contribution is 2.57. The molecule has 1 nitrogen and oxygen atoms in total. The highest BCUT2D eigenvalue weighted by Gasteiger charge is 2.50. The molecule has 4 saturated carbocycles.